The third-order valence-corrected chi connectivity index (χ3v) is 4.48. The first-order valence-electron chi connectivity index (χ1n) is 8.70. The topological polar surface area (TPSA) is 17.1 Å². The molecule has 1 heteroatoms. The Labute approximate surface area is 131 Å². The quantitative estimate of drug-likeness (QED) is 0.655. The Morgan fingerprint density at radius 1 is 1.00 bits per heavy atom. The van der Waals surface area contributed by atoms with Gasteiger partial charge in [-0.05, 0) is 42.7 Å². The van der Waals surface area contributed by atoms with Crippen molar-refractivity contribution in [2.24, 2.45) is 5.92 Å². The van der Waals surface area contributed by atoms with Crippen molar-refractivity contribution in [3.05, 3.63) is 35.4 Å². The molecule has 1 aliphatic carbocycles. The molecule has 1 nitrogen and oxygen atoms in total. The fourth-order valence-electron chi connectivity index (χ4n) is 3.50. The molecule has 0 radical (unpaired) electrons. The molecular weight excluding hydrogens is 256 g/mol. The largest absolute Gasteiger partial charge is 0.299 e. The zero-order valence-corrected chi connectivity index (χ0v) is 14.5. The molecule has 21 heavy (non-hydrogen) atoms. The molecular formula is C20H32O. The summed E-state index contributed by atoms with van der Waals surface area (Å²) in [5.41, 5.74) is 2.65. The minimum absolute atomic E-state index is 0.0559. The van der Waals surface area contributed by atoms with Crippen molar-refractivity contribution in [2.75, 3.05) is 0 Å². The van der Waals surface area contributed by atoms with E-state index in [9.17, 15) is 4.79 Å². The Morgan fingerprint density at radius 2 is 1.52 bits per heavy atom. The highest BCUT2D eigenvalue weighted by molar-refractivity contribution is 5.83. The summed E-state index contributed by atoms with van der Waals surface area (Å²) in [4.78, 5) is 11.8. The van der Waals surface area contributed by atoms with Gasteiger partial charge in [0, 0.05) is 5.92 Å². The summed E-state index contributed by atoms with van der Waals surface area (Å²) in [5, 5.41) is 0. The number of benzene rings is 1. The fourth-order valence-corrected chi connectivity index (χ4v) is 3.50. The average molecular weight is 288 g/mol. The van der Waals surface area contributed by atoms with Crippen molar-refractivity contribution < 1.29 is 4.79 Å². The van der Waals surface area contributed by atoms with Crippen molar-refractivity contribution in [1.29, 1.82) is 0 Å². The van der Waals surface area contributed by atoms with Crippen LogP contribution in [0.3, 0.4) is 0 Å². The SMILES string of the molecule is CC.CC(=O)C(c1ccc(C2CCCCC2)cc1)C(C)C. The lowest BCUT2D eigenvalue weighted by atomic mass is 9.81. The normalized spacial score (nSPS) is 17.0. The maximum absolute atomic E-state index is 11.8. The van der Waals surface area contributed by atoms with Gasteiger partial charge in [-0.15, -0.1) is 0 Å². The fraction of sp³-hybridized carbons (Fsp3) is 0.650. The van der Waals surface area contributed by atoms with Crippen molar-refractivity contribution in [3.63, 3.8) is 0 Å². The third kappa shape index (κ3) is 4.98. The summed E-state index contributed by atoms with van der Waals surface area (Å²) < 4.78 is 0. The first-order valence-corrected chi connectivity index (χ1v) is 8.70. The summed E-state index contributed by atoms with van der Waals surface area (Å²) >= 11 is 0. The molecule has 1 unspecified atom stereocenters. The van der Waals surface area contributed by atoms with Gasteiger partial charge in [0.25, 0.3) is 0 Å². The maximum Gasteiger partial charge on any atom is 0.137 e. The number of ketones is 1. The molecule has 1 saturated carbocycles. The summed E-state index contributed by atoms with van der Waals surface area (Å²) in [6.45, 7) is 9.96. The van der Waals surface area contributed by atoms with E-state index < -0.39 is 0 Å². The van der Waals surface area contributed by atoms with E-state index in [1.54, 1.807) is 6.92 Å². The number of Topliss-reactive ketones (excluding diaryl/α,β-unsaturated/α-hetero) is 1. The first-order chi connectivity index (χ1) is 10.1. The lowest BCUT2D eigenvalue weighted by Crippen LogP contribution is -2.15. The molecule has 2 rings (SSSR count). The van der Waals surface area contributed by atoms with Crippen LogP contribution in [-0.2, 0) is 4.79 Å². The highest BCUT2D eigenvalue weighted by Crippen LogP contribution is 2.34. The van der Waals surface area contributed by atoms with Crippen LogP contribution in [-0.4, -0.2) is 5.78 Å². The monoisotopic (exact) mass is 288 g/mol. The van der Waals surface area contributed by atoms with Crippen LogP contribution in [0.4, 0.5) is 0 Å². The molecule has 0 spiro atoms. The second-order valence-corrected chi connectivity index (χ2v) is 6.33. The molecule has 1 aromatic rings. The molecule has 0 amide bonds. The van der Waals surface area contributed by atoms with Gasteiger partial charge in [0.1, 0.15) is 5.78 Å². The number of carbonyl (C=O) groups is 1. The van der Waals surface area contributed by atoms with Crippen LogP contribution in [0, 0.1) is 5.92 Å². The number of hydrogen-bond donors (Lipinski definition) is 0. The van der Waals surface area contributed by atoms with Gasteiger partial charge in [0.05, 0.1) is 0 Å². The van der Waals surface area contributed by atoms with Crippen molar-refractivity contribution in [1.82, 2.24) is 0 Å². The van der Waals surface area contributed by atoms with E-state index in [1.807, 2.05) is 13.8 Å². The molecule has 1 fully saturated rings. The second kappa shape index (κ2) is 9.02. The van der Waals surface area contributed by atoms with Crippen LogP contribution in [0.1, 0.15) is 89.7 Å². The lowest BCUT2D eigenvalue weighted by molar-refractivity contribution is -0.119. The zero-order chi connectivity index (χ0) is 15.8. The molecule has 0 saturated heterocycles. The second-order valence-electron chi connectivity index (χ2n) is 6.33. The zero-order valence-electron chi connectivity index (χ0n) is 14.5. The summed E-state index contributed by atoms with van der Waals surface area (Å²) in [6.07, 6.45) is 6.80. The van der Waals surface area contributed by atoms with E-state index in [4.69, 9.17) is 0 Å². The van der Waals surface area contributed by atoms with Gasteiger partial charge in [-0.3, -0.25) is 4.79 Å². The van der Waals surface area contributed by atoms with Gasteiger partial charge in [-0.1, -0.05) is 71.2 Å². The smallest absolute Gasteiger partial charge is 0.137 e. The van der Waals surface area contributed by atoms with Gasteiger partial charge < -0.3 is 0 Å². The molecule has 0 heterocycles. The van der Waals surface area contributed by atoms with E-state index in [-0.39, 0.29) is 11.7 Å². The first kappa shape index (κ1) is 17.9. The van der Waals surface area contributed by atoms with Crippen LogP contribution in [0.15, 0.2) is 24.3 Å². The summed E-state index contributed by atoms with van der Waals surface area (Å²) in [6, 6.07) is 8.86. The van der Waals surface area contributed by atoms with Crippen LogP contribution in [0.5, 0.6) is 0 Å². The minimum Gasteiger partial charge on any atom is -0.299 e. The Kier molecular flexibility index (Phi) is 7.71. The summed E-state index contributed by atoms with van der Waals surface area (Å²) in [7, 11) is 0. The molecule has 0 N–H and O–H groups in total. The van der Waals surface area contributed by atoms with E-state index in [1.165, 1.54) is 43.2 Å². The van der Waals surface area contributed by atoms with Gasteiger partial charge >= 0.3 is 0 Å². The van der Waals surface area contributed by atoms with E-state index >= 15 is 0 Å². The summed E-state index contributed by atoms with van der Waals surface area (Å²) in [5.74, 6) is 1.46. The Hall–Kier alpha value is -1.11. The van der Waals surface area contributed by atoms with Crippen LogP contribution in [0.25, 0.3) is 0 Å². The van der Waals surface area contributed by atoms with Crippen molar-refractivity contribution in [2.45, 2.75) is 78.6 Å². The van der Waals surface area contributed by atoms with Crippen molar-refractivity contribution in [3.8, 4) is 0 Å². The molecule has 118 valence electrons. The minimum atomic E-state index is 0.0559. The van der Waals surface area contributed by atoms with E-state index in [2.05, 4.69) is 38.1 Å². The van der Waals surface area contributed by atoms with Crippen LogP contribution in [0.2, 0.25) is 0 Å². The predicted molar refractivity (Wildman–Crippen MR) is 91.9 cm³/mol. The molecule has 1 atom stereocenters. The Morgan fingerprint density at radius 3 is 1.95 bits per heavy atom. The van der Waals surface area contributed by atoms with Crippen LogP contribution < -0.4 is 0 Å². The number of carbonyl (C=O) groups excluding carboxylic acids is 1. The highest BCUT2D eigenvalue weighted by Gasteiger charge is 2.21. The highest BCUT2D eigenvalue weighted by atomic mass is 16.1. The molecule has 0 aliphatic heterocycles. The average Bonchev–Trinajstić information content (AvgIpc) is 2.50. The van der Waals surface area contributed by atoms with E-state index in [0.29, 0.717) is 5.92 Å². The predicted octanol–water partition coefficient (Wildman–Crippen LogP) is 6.09. The van der Waals surface area contributed by atoms with Gasteiger partial charge in [-0.2, -0.15) is 0 Å². The lowest BCUT2D eigenvalue weighted by Gasteiger charge is -2.23. The van der Waals surface area contributed by atoms with Gasteiger partial charge in [0.15, 0.2) is 0 Å². The van der Waals surface area contributed by atoms with Gasteiger partial charge in [0.2, 0.25) is 0 Å². The van der Waals surface area contributed by atoms with E-state index in [0.717, 1.165) is 5.92 Å². The van der Waals surface area contributed by atoms with Crippen LogP contribution >= 0.6 is 0 Å². The standard InChI is InChI=1S/C18H26O.C2H6/c1-13(2)18(14(3)19)17-11-9-16(10-12-17)15-7-5-4-6-8-15;1-2/h9-13,15,18H,4-8H2,1-3H3;1-2H3. The molecule has 1 aromatic carbocycles. The maximum atomic E-state index is 11.8. The molecule has 0 bridgehead atoms. The van der Waals surface area contributed by atoms with Gasteiger partial charge in [-0.25, -0.2) is 0 Å². The number of rotatable bonds is 4. The molecule has 0 aromatic heterocycles. The third-order valence-electron chi connectivity index (χ3n) is 4.48. The van der Waals surface area contributed by atoms with Crippen molar-refractivity contribution >= 4 is 5.78 Å². The molecule has 1 aliphatic rings. The number of hydrogen-bond acceptors (Lipinski definition) is 1. The Bertz CT molecular complexity index is 410. The Balaban J connectivity index is 0.00000106.